The quantitative estimate of drug-likeness (QED) is 0.378. The highest BCUT2D eigenvalue weighted by Gasteiger charge is 2.25. The first-order valence-electron chi connectivity index (χ1n) is 10.4. The second-order valence-electron chi connectivity index (χ2n) is 8.23. The van der Waals surface area contributed by atoms with E-state index in [1.807, 2.05) is 13.8 Å². The second kappa shape index (κ2) is 7.19. The van der Waals surface area contributed by atoms with Gasteiger partial charge in [-0.1, -0.05) is 0 Å². The van der Waals surface area contributed by atoms with Crippen molar-refractivity contribution in [2.24, 2.45) is 0 Å². The molecular formula is C24H23N3O6. The van der Waals surface area contributed by atoms with Gasteiger partial charge < -0.3 is 24.0 Å². The van der Waals surface area contributed by atoms with Crippen LogP contribution in [0.1, 0.15) is 25.5 Å². The molecule has 0 saturated carbocycles. The number of aromatic amines is 2. The predicted molar refractivity (Wildman–Crippen MR) is 126 cm³/mol. The molecule has 0 bridgehead atoms. The Kier molecular flexibility index (Phi) is 4.52. The zero-order valence-corrected chi connectivity index (χ0v) is 18.8. The Labute approximate surface area is 187 Å². The lowest BCUT2D eigenvalue weighted by Gasteiger charge is -2.13. The molecule has 0 unspecified atom stereocenters. The van der Waals surface area contributed by atoms with Crippen molar-refractivity contribution in [3.8, 4) is 28.4 Å². The van der Waals surface area contributed by atoms with Crippen molar-refractivity contribution in [1.82, 2.24) is 14.8 Å². The maximum absolute atomic E-state index is 13.2. The number of benzene rings is 2. The van der Waals surface area contributed by atoms with Gasteiger partial charge in [0.05, 0.1) is 25.1 Å². The minimum Gasteiger partial charge on any atom is -0.502 e. The summed E-state index contributed by atoms with van der Waals surface area (Å²) in [6, 6.07) is 6.43. The van der Waals surface area contributed by atoms with Gasteiger partial charge in [-0.25, -0.2) is 0 Å². The molecule has 0 saturated heterocycles. The van der Waals surface area contributed by atoms with Crippen LogP contribution in [0.25, 0.3) is 44.2 Å². The van der Waals surface area contributed by atoms with E-state index in [-0.39, 0.29) is 34.3 Å². The summed E-state index contributed by atoms with van der Waals surface area (Å²) in [7, 11) is 2.87. The van der Waals surface area contributed by atoms with Gasteiger partial charge in [0, 0.05) is 22.6 Å². The summed E-state index contributed by atoms with van der Waals surface area (Å²) in [5, 5.41) is 14.4. The van der Waals surface area contributed by atoms with Gasteiger partial charge in [-0.05, 0) is 50.6 Å². The largest absolute Gasteiger partial charge is 0.502 e. The Morgan fingerprint density at radius 1 is 1.06 bits per heavy atom. The zero-order chi connectivity index (χ0) is 23.6. The van der Waals surface area contributed by atoms with E-state index >= 15 is 0 Å². The number of nitrogens with one attached hydrogen (secondary N) is 2. The van der Waals surface area contributed by atoms with Crippen LogP contribution in [0.2, 0.25) is 0 Å². The van der Waals surface area contributed by atoms with Crippen LogP contribution in [-0.2, 0) is 0 Å². The molecule has 9 heteroatoms. The summed E-state index contributed by atoms with van der Waals surface area (Å²) >= 11 is 0. The van der Waals surface area contributed by atoms with Crippen molar-refractivity contribution >= 4 is 33.1 Å². The van der Waals surface area contributed by atoms with Crippen LogP contribution in [0.15, 0.2) is 38.3 Å². The highest BCUT2D eigenvalue weighted by molar-refractivity contribution is 6.15. The molecule has 5 aromatic rings. The van der Waals surface area contributed by atoms with E-state index in [0.717, 1.165) is 5.39 Å². The van der Waals surface area contributed by atoms with E-state index in [9.17, 15) is 14.7 Å². The molecule has 170 valence electrons. The van der Waals surface area contributed by atoms with Gasteiger partial charge in [0.1, 0.15) is 11.2 Å². The van der Waals surface area contributed by atoms with Gasteiger partial charge in [-0.15, -0.1) is 0 Å². The lowest BCUT2D eigenvalue weighted by molar-refractivity contribution is 0.340. The van der Waals surface area contributed by atoms with Crippen LogP contribution in [0.4, 0.5) is 0 Å². The monoisotopic (exact) mass is 449 g/mol. The molecule has 5 rings (SSSR count). The molecule has 0 atom stereocenters. The molecule has 0 aliphatic rings. The van der Waals surface area contributed by atoms with E-state index in [1.165, 1.54) is 20.3 Å². The van der Waals surface area contributed by atoms with E-state index in [4.69, 9.17) is 13.9 Å². The standard InChI is InChI=1S/C24H23N3O6/c1-10(2)27-23-18(24(30)26-27)17(12-8-15(31-4)20(29)16(9-12)32-5)22-19(25-23)13-6-7-14(28)11(3)21(13)33-22/h6-10,25,29H,1-5H3,(H,26,30). The number of phenolic OH excluding ortho intramolecular Hbond substituents is 1. The summed E-state index contributed by atoms with van der Waals surface area (Å²) < 4.78 is 18.7. The summed E-state index contributed by atoms with van der Waals surface area (Å²) in [4.78, 5) is 28.8. The van der Waals surface area contributed by atoms with Crippen LogP contribution in [0.5, 0.6) is 17.2 Å². The van der Waals surface area contributed by atoms with E-state index < -0.39 is 0 Å². The number of methoxy groups -OCH3 is 2. The van der Waals surface area contributed by atoms with Gasteiger partial charge in [-0.2, -0.15) is 0 Å². The fraction of sp³-hybridized carbons (Fsp3) is 0.250. The third-order valence-corrected chi connectivity index (χ3v) is 5.99. The Bertz CT molecular complexity index is 1660. The number of pyridine rings is 1. The smallest absolute Gasteiger partial charge is 0.274 e. The summed E-state index contributed by atoms with van der Waals surface area (Å²) in [5.74, 6) is 0.225. The lowest BCUT2D eigenvalue weighted by Crippen LogP contribution is -2.07. The number of aromatic nitrogens is 3. The SMILES string of the molecule is COc1cc(-c2c3oc4c(C)c(=O)ccc4c3[nH]c3c2c(=O)[nH]n3C(C)C)cc(OC)c1O. The number of phenols is 1. The molecule has 0 aliphatic carbocycles. The molecular weight excluding hydrogens is 426 g/mol. The van der Waals surface area contributed by atoms with Gasteiger partial charge in [0.25, 0.3) is 5.56 Å². The van der Waals surface area contributed by atoms with Crippen molar-refractivity contribution < 1.29 is 19.0 Å². The van der Waals surface area contributed by atoms with Crippen molar-refractivity contribution in [2.45, 2.75) is 26.8 Å². The normalized spacial score (nSPS) is 11.8. The molecule has 0 aliphatic heterocycles. The number of H-pyrrole nitrogens is 2. The maximum Gasteiger partial charge on any atom is 0.274 e. The first-order chi connectivity index (χ1) is 15.8. The summed E-state index contributed by atoms with van der Waals surface area (Å²) in [5.41, 5.74) is 3.18. The number of hydrogen-bond donors (Lipinski definition) is 3. The van der Waals surface area contributed by atoms with Crippen molar-refractivity contribution in [3.05, 3.63) is 50.4 Å². The third-order valence-electron chi connectivity index (χ3n) is 5.99. The molecule has 2 aromatic carbocycles. The number of fused-ring (bicyclic) bond motifs is 4. The van der Waals surface area contributed by atoms with E-state index in [0.29, 0.717) is 44.4 Å². The van der Waals surface area contributed by atoms with Gasteiger partial charge in [0.15, 0.2) is 22.5 Å². The van der Waals surface area contributed by atoms with Crippen LogP contribution >= 0.6 is 0 Å². The molecule has 9 nitrogen and oxygen atoms in total. The third kappa shape index (κ3) is 2.85. The number of ether oxygens (including phenoxy) is 2. The highest BCUT2D eigenvalue weighted by atomic mass is 16.5. The van der Waals surface area contributed by atoms with E-state index in [1.54, 1.807) is 29.8 Å². The molecule has 0 amide bonds. The average Bonchev–Trinajstić information content (AvgIpc) is 3.33. The second-order valence-corrected chi connectivity index (χ2v) is 8.23. The molecule has 0 radical (unpaired) electrons. The number of aromatic hydroxyl groups is 1. The van der Waals surface area contributed by atoms with Crippen molar-refractivity contribution in [2.75, 3.05) is 14.2 Å². The Balaban J connectivity index is 2.05. The molecule has 0 fully saturated rings. The van der Waals surface area contributed by atoms with Gasteiger partial charge >= 0.3 is 0 Å². The minimum absolute atomic E-state index is 0.0335. The van der Waals surface area contributed by atoms with Crippen molar-refractivity contribution in [1.29, 1.82) is 0 Å². The maximum atomic E-state index is 13.2. The van der Waals surface area contributed by atoms with Gasteiger partial charge in [-0.3, -0.25) is 19.4 Å². The summed E-state index contributed by atoms with van der Waals surface area (Å²) in [6.07, 6.45) is 0. The molecule has 3 heterocycles. The fourth-order valence-electron chi connectivity index (χ4n) is 4.31. The number of aryl methyl sites for hydroxylation is 1. The number of nitrogens with zero attached hydrogens (tertiary/aromatic N) is 1. The average molecular weight is 449 g/mol. The first kappa shape index (κ1) is 20.7. The molecule has 3 aromatic heterocycles. The molecule has 3 N–H and O–H groups in total. The van der Waals surface area contributed by atoms with Crippen LogP contribution in [0.3, 0.4) is 0 Å². The Morgan fingerprint density at radius 2 is 1.73 bits per heavy atom. The van der Waals surface area contributed by atoms with Crippen LogP contribution in [0, 0.1) is 6.92 Å². The lowest BCUT2D eigenvalue weighted by atomic mass is 10.0. The number of furan rings is 1. The molecule has 33 heavy (non-hydrogen) atoms. The predicted octanol–water partition coefficient (Wildman–Crippen LogP) is 4.20. The molecule has 0 spiro atoms. The van der Waals surface area contributed by atoms with Crippen LogP contribution in [-0.4, -0.2) is 34.1 Å². The summed E-state index contributed by atoms with van der Waals surface area (Å²) in [6.45, 7) is 5.63. The topological polar surface area (TPSA) is 122 Å². The van der Waals surface area contributed by atoms with E-state index in [2.05, 4.69) is 10.1 Å². The number of hydrogen-bond acceptors (Lipinski definition) is 6. The Morgan fingerprint density at radius 3 is 2.33 bits per heavy atom. The zero-order valence-electron chi connectivity index (χ0n) is 18.8. The minimum atomic E-state index is -0.306. The van der Waals surface area contributed by atoms with Crippen LogP contribution < -0.4 is 20.5 Å². The van der Waals surface area contributed by atoms with Gasteiger partial charge in [0.2, 0.25) is 5.75 Å². The Hall–Kier alpha value is -4.14. The highest BCUT2D eigenvalue weighted by Crippen LogP contribution is 2.45. The first-order valence-corrected chi connectivity index (χ1v) is 10.4. The number of rotatable bonds is 4. The van der Waals surface area contributed by atoms with Crippen molar-refractivity contribution in [3.63, 3.8) is 0 Å². The fourth-order valence-corrected chi connectivity index (χ4v) is 4.31.